The van der Waals surface area contributed by atoms with E-state index in [1.54, 1.807) is 7.11 Å². The van der Waals surface area contributed by atoms with E-state index in [9.17, 15) is 0 Å². The fourth-order valence-electron chi connectivity index (χ4n) is 2.12. The highest BCUT2D eigenvalue weighted by molar-refractivity contribution is 5.44. The molecule has 3 nitrogen and oxygen atoms in total. The first-order chi connectivity index (χ1) is 9.99. The molecule has 0 radical (unpaired) electrons. The van der Waals surface area contributed by atoms with Gasteiger partial charge in [-0.3, -0.25) is 4.90 Å². The van der Waals surface area contributed by atoms with E-state index in [1.807, 2.05) is 12.1 Å². The van der Waals surface area contributed by atoms with Gasteiger partial charge in [-0.2, -0.15) is 0 Å². The minimum atomic E-state index is 0.102. The van der Waals surface area contributed by atoms with Crippen LogP contribution in [-0.4, -0.2) is 36.8 Å². The summed E-state index contributed by atoms with van der Waals surface area (Å²) in [6.07, 6.45) is 0.506. The van der Waals surface area contributed by atoms with Crippen molar-refractivity contribution < 1.29 is 9.84 Å². The van der Waals surface area contributed by atoms with Crippen molar-refractivity contribution in [3.8, 4) is 17.6 Å². The van der Waals surface area contributed by atoms with Gasteiger partial charge in [-0.05, 0) is 38.1 Å². The van der Waals surface area contributed by atoms with Gasteiger partial charge in [0.25, 0.3) is 0 Å². The van der Waals surface area contributed by atoms with Crippen molar-refractivity contribution in [2.24, 2.45) is 5.92 Å². The summed E-state index contributed by atoms with van der Waals surface area (Å²) >= 11 is 0. The van der Waals surface area contributed by atoms with Gasteiger partial charge in [0.1, 0.15) is 5.75 Å². The summed E-state index contributed by atoms with van der Waals surface area (Å²) in [6, 6.07) is 6.50. The van der Waals surface area contributed by atoms with Crippen LogP contribution in [0, 0.1) is 17.8 Å². The lowest BCUT2D eigenvalue weighted by molar-refractivity contribution is 0.198. The van der Waals surface area contributed by atoms with Crippen molar-refractivity contribution in [3.63, 3.8) is 0 Å². The molecular weight excluding hydrogens is 262 g/mol. The van der Waals surface area contributed by atoms with Crippen LogP contribution in [0.25, 0.3) is 0 Å². The average molecular weight is 289 g/mol. The Hall–Kier alpha value is -1.50. The Morgan fingerprint density at radius 3 is 2.57 bits per heavy atom. The van der Waals surface area contributed by atoms with E-state index in [0.29, 0.717) is 18.4 Å². The quantitative estimate of drug-likeness (QED) is 0.817. The van der Waals surface area contributed by atoms with Gasteiger partial charge in [-0.25, -0.2) is 0 Å². The zero-order valence-electron chi connectivity index (χ0n) is 13.8. The van der Waals surface area contributed by atoms with Crippen molar-refractivity contribution in [1.82, 2.24) is 4.90 Å². The molecule has 0 saturated heterocycles. The Labute approximate surface area is 128 Å². The van der Waals surface area contributed by atoms with E-state index < -0.39 is 0 Å². The van der Waals surface area contributed by atoms with Crippen LogP contribution in [0.15, 0.2) is 18.2 Å². The third-order valence-electron chi connectivity index (χ3n) is 3.83. The monoisotopic (exact) mass is 289 g/mol. The van der Waals surface area contributed by atoms with Crippen LogP contribution in [0.4, 0.5) is 0 Å². The van der Waals surface area contributed by atoms with E-state index >= 15 is 0 Å². The van der Waals surface area contributed by atoms with Gasteiger partial charge in [-0.1, -0.05) is 25.7 Å². The summed E-state index contributed by atoms with van der Waals surface area (Å²) in [4.78, 5) is 2.33. The van der Waals surface area contributed by atoms with Crippen LogP contribution in [0.5, 0.6) is 5.75 Å². The second kappa shape index (κ2) is 8.71. The van der Waals surface area contributed by atoms with Gasteiger partial charge in [0.2, 0.25) is 0 Å². The SMILES string of the molecule is COc1ccc(C#CCCO)cc1CN(C)C(C)C(C)C. The lowest BCUT2D eigenvalue weighted by Crippen LogP contribution is -2.32. The number of ether oxygens (including phenoxy) is 1. The smallest absolute Gasteiger partial charge is 0.123 e. The second-order valence-corrected chi connectivity index (χ2v) is 5.70. The first kappa shape index (κ1) is 17.6. The Balaban J connectivity index is 2.93. The number of rotatable bonds is 6. The molecule has 0 bridgehead atoms. The molecule has 0 saturated carbocycles. The highest BCUT2D eigenvalue weighted by Crippen LogP contribution is 2.22. The fourth-order valence-corrected chi connectivity index (χ4v) is 2.12. The van der Waals surface area contributed by atoms with Gasteiger partial charge in [-0.15, -0.1) is 0 Å². The number of nitrogens with zero attached hydrogens (tertiary/aromatic N) is 1. The molecule has 1 aromatic rings. The first-order valence-electron chi connectivity index (χ1n) is 7.46. The molecule has 1 rings (SSSR count). The Bertz CT molecular complexity index is 500. The van der Waals surface area contributed by atoms with Crippen molar-refractivity contribution in [1.29, 1.82) is 0 Å². The number of methoxy groups -OCH3 is 1. The molecule has 3 heteroatoms. The molecule has 1 aromatic carbocycles. The van der Waals surface area contributed by atoms with Crippen LogP contribution in [-0.2, 0) is 6.54 Å². The summed E-state index contributed by atoms with van der Waals surface area (Å²) in [5.74, 6) is 7.53. The topological polar surface area (TPSA) is 32.7 Å². The molecule has 0 spiro atoms. The molecular formula is C18H27NO2. The third kappa shape index (κ3) is 5.41. The summed E-state index contributed by atoms with van der Waals surface area (Å²) in [7, 11) is 3.83. The maximum absolute atomic E-state index is 8.78. The molecule has 0 aliphatic carbocycles. The van der Waals surface area contributed by atoms with Crippen LogP contribution >= 0.6 is 0 Å². The fraction of sp³-hybridized carbons (Fsp3) is 0.556. The van der Waals surface area contributed by atoms with E-state index in [2.05, 4.69) is 50.6 Å². The predicted octanol–water partition coefficient (Wildman–Crippen LogP) is 2.91. The third-order valence-corrected chi connectivity index (χ3v) is 3.83. The van der Waals surface area contributed by atoms with Gasteiger partial charge in [0, 0.05) is 30.1 Å². The summed E-state index contributed by atoms with van der Waals surface area (Å²) in [6.45, 7) is 7.63. The lowest BCUT2D eigenvalue weighted by Gasteiger charge is -2.28. The molecule has 21 heavy (non-hydrogen) atoms. The number of aliphatic hydroxyl groups excluding tert-OH is 1. The molecule has 1 N–H and O–H groups in total. The number of benzene rings is 1. The maximum Gasteiger partial charge on any atom is 0.123 e. The van der Waals surface area contributed by atoms with Crippen molar-refractivity contribution >= 4 is 0 Å². The predicted molar refractivity (Wildman–Crippen MR) is 87.3 cm³/mol. The van der Waals surface area contributed by atoms with Crippen molar-refractivity contribution in [2.45, 2.75) is 39.8 Å². The molecule has 116 valence electrons. The Morgan fingerprint density at radius 1 is 1.29 bits per heavy atom. The lowest BCUT2D eigenvalue weighted by atomic mass is 10.0. The molecule has 0 amide bonds. The highest BCUT2D eigenvalue weighted by atomic mass is 16.5. The standard InChI is InChI=1S/C18H27NO2/c1-14(2)15(3)19(4)13-17-12-16(8-6-7-11-20)9-10-18(17)21-5/h9-10,12,14-15,20H,7,11,13H2,1-5H3. The Morgan fingerprint density at radius 2 is 2.00 bits per heavy atom. The zero-order chi connectivity index (χ0) is 15.8. The Kier molecular flexibility index (Phi) is 7.28. The molecule has 1 unspecified atom stereocenters. The largest absolute Gasteiger partial charge is 0.496 e. The molecule has 0 heterocycles. The first-order valence-corrected chi connectivity index (χ1v) is 7.46. The summed E-state index contributed by atoms with van der Waals surface area (Å²) in [5, 5.41) is 8.78. The van der Waals surface area contributed by atoms with Crippen molar-refractivity contribution in [3.05, 3.63) is 29.3 Å². The van der Waals surface area contributed by atoms with Crippen LogP contribution < -0.4 is 4.74 Å². The van der Waals surface area contributed by atoms with E-state index in [-0.39, 0.29) is 6.61 Å². The van der Waals surface area contributed by atoms with E-state index in [1.165, 1.54) is 0 Å². The van der Waals surface area contributed by atoms with Gasteiger partial charge >= 0.3 is 0 Å². The number of hydrogen-bond donors (Lipinski definition) is 1. The van der Waals surface area contributed by atoms with Crippen LogP contribution in [0.1, 0.15) is 38.3 Å². The average Bonchev–Trinajstić information content (AvgIpc) is 2.46. The normalized spacial score (nSPS) is 12.2. The molecule has 0 aliphatic heterocycles. The minimum Gasteiger partial charge on any atom is -0.496 e. The van der Waals surface area contributed by atoms with Crippen LogP contribution in [0.3, 0.4) is 0 Å². The van der Waals surface area contributed by atoms with Crippen molar-refractivity contribution in [2.75, 3.05) is 20.8 Å². The number of hydrogen-bond acceptors (Lipinski definition) is 3. The highest BCUT2D eigenvalue weighted by Gasteiger charge is 2.15. The zero-order valence-corrected chi connectivity index (χ0v) is 13.8. The molecule has 0 aromatic heterocycles. The van der Waals surface area contributed by atoms with Gasteiger partial charge < -0.3 is 9.84 Å². The van der Waals surface area contributed by atoms with E-state index in [4.69, 9.17) is 9.84 Å². The van der Waals surface area contributed by atoms with E-state index in [0.717, 1.165) is 23.4 Å². The summed E-state index contributed by atoms with van der Waals surface area (Å²) < 4.78 is 5.45. The minimum absolute atomic E-state index is 0.102. The molecule has 0 aliphatic rings. The van der Waals surface area contributed by atoms with Gasteiger partial charge in [0.15, 0.2) is 0 Å². The number of aliphatic hydroxyl groups is 1. The second-order valence-electron chi connectivity index (χ2n) is 5.70. The van der Waals surface area contributed by atoms with Crippen LogP contribution in [0.2, 0.25) is 0 Å². The van der Waals surface area contributed by atoms with Gasteiger partial charge in [0.05, 0.1) is 13.7 Å². The summed E-state index contributed by atoms with van der Waals surface area (Å²) in [5.41, 5.74) is 2.10. The maximum atomic E-state index is 8.78. The molecule has 0 fully saturated rings. The molecule has 1 atom stereocenters.